The summed E-state index contributed by atoms with van der Waals surface area (Å²) in [6.45, 7) is 5.51. The Balaban J connectivity index is 1.62. The number of carbonyl (C=O) groups excluding carboxylic acids is 1. The van der Waals surface area contributed by atoms with Crippen molar-refractivity contribution in [2.45, 2.75) is 26.8 Å². The summed E-state index contributed by atoms with van der Waals surface area (Å²) in [5.74, 6) is 0.335. The lowest BCUT2D eigenvalue weighted by Crippen LogP contribution is -2.39. The molecule has 11 heteroatoms. The van der Waals surface area contributed by atoms with Crippen LogP contribution in [0.4, 0.5) is 11.4 Å². The van der Waals surface area contributed by atoms with Crippen molar-refractivity contribution in [3.8, 4) is 11.3 Å². The first-order chi connectivity index (χ1) is 19.6. The summed E-state index contributed by atoms with van der Waals surface area (Å²) < 4.78 is 13.2. The highest BCUT2D eigenvalue weighted by molar-refractivity contribution is 7.07. The number of aryl methyl sites for hydroxylation is 1. The molecule has 0 amide bonds. The molecule has 3 heterocycles. The molecule has 1 aliphatic heterocycles. The summed E-state index contributed by atoms with van der Waals surface area (Å²) in [4.78, 5) is 44.8. The number of nitrogens with zero attached hydrogens (tertiary/aromatic N) is 4. The number of nitro benzene ring substituents is 1. The number of furan rings is 1. The van der Waals surface area contributed by atoms with Gasteiger partial charge in [-0.15, -0.1) is 0 Å². The van der Waals surface area contributed by atoms with Gasteiger partial charge in [0.05, 0.1) is 33.4 Å². The van der Waals surface area contributed by atoms with E-state index in [0.29, 0.717) is 37.7 Å². The molecule has 0 bridgehead atoms. The molecule has 4 aromatic rings. The predicted octanol–water partition coefficient (Wildman–Crippen LogP) is 4.34. The second-order valence-electron chi connectivity index (χ2n) is 9.75. The zero-order chi connectivity index (χ0) is 29.4. The average molecular weight is 573 g/mol. The summed E-state index contributed by atoms with van der Waals surface area (Å²) in [6, 6.07) is 14.9. The van der Waals surface area contributed by atoms with E-state index in [-0.39, 0.29) is 17.9 Å². The largest absolute Gasteiger partial charge is 0.463 e. The van der Waals surface area contributed by atoms with Crippen LogP contribution >= 0.6 is 11.3 Å². The average Bonchev–Trinajstić information content (AvgIpc) is 3.52. The first-order valence-corrected chi connectivity index (χ1v) is 13.7. The van der Waals surface area contributed by atoms with Crippen LogP contribution < -0.4 is 19.8 Å². The highest BCUT2D eigenvalue weighted by Gasteiger charge is 2.33. The molecule has 10 nitrogen and oxygen atoms in total. The molecule has 0 spiro atoms. The maximum absolute atomic E-state index is 13.8. The number of carbonyl (C=O) groups is 1. The van der Waals surface area contributed by atoms with E-state index < -0.39 is 16.9 Å². The van der Waals surface area contributed by atoms with Gasteiger partial charge in [0, 0.05) is 43.6 Å². The van der Waals surface area contributed by atoms with Crippen molar-refractivity contribution in [3.05, 3.63) is 113 Å². The molecule has 0 unspecified atom stereocenters. The van der Waals surface area contributed by atoms with Crippen molar-refractivity contribution in [1.29, 1.82) is 0 Å². The second kappa shape index (κ2) is 11.0. The molecule has 41 heavy (non-hydrogen) atoms. The van der Waals surface area contributed by atoms with E-state index in [1.54, 1.807) is 38.1 Å². The topological polar surface area (TPSA) is 120 Å². The van der Waals surface area contributed by atoms with Gasteiger partial charge in [0.2, 0.25) is 0 Å². The molecule has 5 rings (SSSR count). The number of aromatic nitrogens is 1. The number of non-ortho nitro benzene ring substituents is 1. The van der Waals surface area contributed by atoms with Gasteiger partial charge in [0.1, 0.15) is 11.5 Å². The van der Waals surface area contributed by atoms with Crippen molar-refractivity contribution in [1.82, 2.24) is 4.57 Å². The monoisotopic (exact) mass is 572 g/mol. The summed E-state index contributed by atoms with van der Waals surface area (Å²) in [5.41, 5.74) is 3.57. The molecule has 0 radical (unpaired) electrons. The summed E-state index contributed by atoms with van der Waals surface area (Å²) in [5, 5.41) is 11.3. The maximum atomic E-state index is 13.8. The molecule has 0 saturated heterocycles. The van der Waals surface area contributed by atoms with E-state index in [0.717, 1.165) is 16.8 Å². The fourth-order valence-electron chi connectivity index (χ4n) is 4.76. The van der Waals surface area contributed by atoms with Gasteiger partial charge in [0.25, 0.3) is 11.2 Å². The van der Waals surface area contributed by atoms with Crippen LogP contribution in [0.2, 0.25) is 0 Å². The number of nitro groups is 1. The fraction of sp³-hybridized carbons (Fsp3) is 0.233. The number of rotatable bonds is 7. The fourth-order valence-corrected chi connectivity index (χ4v) is 5.78. The number of esters is 1. The molecule has 210 valence electrons. The molecule has 1 atom stereocenters. The Morgan fingerprint density at radius 1 is 1.17 bits per heavy atom. The quantitative estimate of drug-likeness (QED) is 0.184. The van der Waals surface area contributed by atoms with Crippen molar-refractivity contribution < 1.29 is 18.9 Å². The number of benzene rings is 2. The Hall–Kier alpha value is -4.77. The number of hydrogen-bond acceptors (Lipinski definition) is 9. The minimum Gasteiger partial charge on any atom is -0.463 e. The third-order valence-electron chi connectivity index (χ3n) is 6.84. The smallest absolute Gasteiger partial charge is 0.338 e. The van der Waals surface area contributed by atoms with E-state index in [9.17, 15) is 19.7 Å². The van der Waals surface area contributed by atoms with Crippen molar-refractivity contribution in [3.63, 3.8) is 0 Å². The van der Waals surface area contributed by atoms with Gasteiger partial charge in [-0.3, -0.25) is 19.5 Å². The van der Waals surface area contributed by atoms with Crippen molar-refractivity contribution in [2.75, 3.05) is 25.6 Å². The van der Waals surface area contributed by atoms with Gasteiger partial charge in [-0.05, 0) is 56.2 Å². The summed E-state index contributed by atoms with van der Waals surface area (Å²) >= 11 is 1.19. The Bertz CT molecular complexity index is 1880. The summed E-state index contributed by atoms with van der Waals surface area (Å²) in [7, 11) is 3.87. The Morgan fingerprint density at radius 3 is 2.56 bits per heavy atom. The van der Waals surface area contributed by atoms with Gasteiger partial charge in [-0.1, -0.05) is 29.5 Å². The minimum absolute atomic E-state index is 0.0387. The highest BCUT2D eigenvalue weighted by Crippen LogP contribution is 2.32. The zero-order valence-electron chi connectivity index (χ0n) is 23.2. The normalized spacial score (nSPS) is 15.0. The zero-order valence-corrected chi connectivity index (χ0v) is 24.0. The summed E-state index contributed by atoms with van der Waals surface area (Å²) in [6.07, 6.45) is 1.62. The minimum atomic E-state index is -0.719. The van der Waals surface area contributed by atoms with Crippen molar-refractivity contribution in [2.24, 2.45) is 4.99 Å². The van der Waals surface area contributed by atoms with Gasteiger partial charge in [-0.2, -0.15) is 0 Å². The van der Waals surface area contributed by atoms with Gasteiger partial charge in [0.15, 0.2) is 4.80 Å². The van der Waals surface area contributed by atoms with E-state index in [1.165, 1.54) is 28.0 Å². The van der Waals surface area contributed by atoms with Crippen LogP contribution in [0, 0.1) is 17.0 Å². The van der Waals surface area contributed by atoms with E-state index in [2.05, 4.69) is 4.99 Å². The molecule has 0 saturated carbocycles. The van der Waals surface area contributed by atoms with Crippen LogP contribution in [0.15, 0.2) is 80.1 Å². The first-order valence-electron chi connectivity index (χ1n) is 12.9. The van der Waals surface area contributed by atoms with Gasteiger partial charge in [-0.25, -0.2) is 9.79 Å². The van der Waals surface area contributed by atoms with Crippen LogP contribution in [0.3, 0.4) is 0 Å². The predicted molar refractivity (Wildman–Crippen MR) is 157 cm³/mol. The molecular formula is C30H28N4O6S. The van der Waals surface area contributed by atoms with Crippen LogP contribution in [0.1, 0.15) is 36.8 Å². The third-order valence-corrected chi connectivity index (χ3v) is 7.82. The molecule has 2 aromatic heterocycles. The van der Waals surface area contributed by atoms with E-state index >= 15 is 0 Å². The van der Waals surface area contributed by atoms with E-state index in [4.69, 9.17) is 9.15 Å². The number of anilines is 1. The van der Waals surface area contributed by atoms with Crippen LogP contribution in [-0.4, -0.2) is 36.2 Å². The highest BCUT2D eigenvalue weighted by atomic mass is 32.1. The van der Waals surface area contributed by atoms with E-state index in [1.807, 2.05) is 50.2 Å². The molecule has 2 aromatic carbocycles. The first kappa shape index (κ1) is 27.8. The molecule has 0 fully saturated rings. The maximum Gasteiger partial charge on any atom is 0.338 e. The number of ether oxygens (including phenoxy) is 1. The Labute approximate surface area is 239 Å². The lowest BCUT2D eigenvalue weighted by Gasteiger charge is -2.25. The van der Waals surface area contributed by atoms with Crippen LogP contribution in [-0.2, 0) is 9.53 Å². The van der Waals surface area contributed by atoms with Crippen LogP contribution in [0.25, 0.3) is 17.4 Å². The molecular weight excluding hydrogens is 544 g/mol. The second-order valence-corrected chi connectivity index (χ2v) is 10.8. The molecule has 0 N–H and O–H groups in total. The lowest BCUT2D eigenvalue weighted by molar-refractivity contribution is -0.384. The number of thiazole rings is 1. The lowest BCUT2D eigenvalue weighted by atomic mass is 9.95. The van der Waals surface area contributed by atoms with Gasteiger partial charge >= 0.3 is 5.97 Å². The number of allylic oxidation sites excluding steroid dienone is 1. The standard InChI is InChI=1S/C30H28N4O6S/c1-6-39-29(36)26-18(3)31-30-33(27(26)19-8-11-20(12-9-19)32(4)5)28(35)25(41-30)16-22-13-14-24(40-22)23-15-21(34(37)38)10-7-17(23)2/h7-16,27H,6H2,1-5H3/b25-16-/t27-/m0/s1. The Morgan fingerprint density at radius 2 is 1.90 bits per heavy atom. The van der Waals surface area contributed by atoms with Gasteiger partial charge < -0.3 is 14.1 Å². The molecule has 1 aliphatic rings. The SMILES string of the molecule is CCOC(=O)C1=C(C)N=c2s/c(=C\c3ccc(-c4cc([N+](=O)[O-])ccc4C)o3)c(=O)n2[C@H]1c1ccc(N(C)C)cc1. The Kier molecular flexibility index (Phi) is 7.46. The molecule has 0 aliphatic carbocycles. The number of hydrogen-bond donors (Lipinski definition) is 0. The number of fused-ring (bicyclic) bond motifs is 1. The third kappa shape index (κ3) is 5.23. The van der Waals surface area contributed by atoms with Crippen molar-refractivity contribution >= 4 is 34.8 Å². The van der Waals surface area contributed by atoms with Crippen LogP contribution in [0.5, 0.6) is 0 Å².